The van der Waals surface area contributed by atoms with Gasteiger partial charge in [0.15, 0.2) is 11.6 Å². The van der Waals surface area contributed by atoms with E-state index in [2.05, 4.69) is 26.1 Å². The number of aromatic nitrogens is 2. The van der Waals surface area contributed by atoms with Crippen molar-refractivity contribution in [1.82, 2.24) is 10.2 Å². The van der Waals surface area contributed by atoms with Crippen LogP contribution in [0.5, 0.6) is 0 Å². The van der Waals surface area contributed by atoms with E-state index in [0.717, 1.165) is 4.47 Å². The van der Waals surface area contributed by atoms with Crippen LogP contribution in [0.15, 0.2) is 22.7 Å². The normalized spacial score (nSPS) is 10.6. The summed E-state index contributed by atoms with van der Waals surface area (Å²) in [6.45, 7) is 0. The lowest BCUT2D eigenvalue weighted by molar-refractivity contribution is 0.636. The van der Waals surface area contributed by atoms with E-state index >= 15 is 0 Å². The largest absolute Gasteiger partial charge is 0.380 e. The molecular formula is C9H6BrClFN3. The van der Waals surface area contributed by atoms with E-state index in [1.165, 1.54) is 0 Å². The van der Waals surface area contributed by atoms with Crippen molar-refractivity contribution in [2.45, 2.75) is 0 Å². The summed E-state index contributed by atoms with van der Waals surface area (Å²) in [6.07, 6.45) is 0. The summed E-state index contributed by atoms with van der Waals surface area (Å²) >= 11 is 9.22. The molecule has 0 amide bonds. The molecule has 3 nitrogen and oxygen atoms in total. The van der Waals surface area contributed by atoms with Gasteiger partial charge in [-0.3, -0.25) is 5.10 Å². The first-order chi connectivity index (χ1) is 7.09. The summed E-state index contributed by atoms with van der Waals surface area (Å²) in [5.41, 5.74) is 6.02. The predicted molar refractivity (Wildman–Crippen MR) is 61.1 cm³/mol. The van der Waals surface area contributed by atoms with Crippen LogP contribution in [0.1, 0.15) is 0 Å². The number of rotatable bonds is 1. The Morgan fingerprint density at radius 2 is 2.20 bits per heavy atom. The third-order valence-electron chi connectivity index (χ3n) is 1.93. The smallest absolute Gasteiger partial charge is 0.192 e. The van der Waals surface area contributed by atoms with Gasteiger partial charge in [0.05, 0.1) is 5.02 Å². The van der Waals surface area contributed by atoms with Gasteiger partial charge in [0.25, 0.3) is 0 Å². The molecule has 1 heterocycles. The molecule has 0 bridgehead atoms. The number of benzene rings is 1. The highest BCUT2D eigenvalue weighted by Crippen LogP contribution is 2.31. The SMILES string of the molecule is Nc1n[nH]c(-c2ccc(Br)cc2Cl)c1F. The fourth-order valence-electron chi connectivity index (χ4n) is 1.21. The van der Waals surface area contributed by atoms with Gasteiger partial charge in [0.1, 0.15) is 5.69 Å². The van der Waals surface area contributed by atoms with Crippen molar-refractivity contribution in [1.29, 1.82) is 0 Å². The number of nitrogen functional groups attached to an aromatic ring is 1. The summed E-state index contributed by atoms with van der Waals surface area (Å²) in [6, 6.07) is 5.12. The summed E-state index contributed by atoms with van der Waals surface area (Å²) in [5, 5.41) is 6.49. The highest BCUT2D eigenvalue weighted by molar-refractivity contribution is 9.10. The minimum Gasteiger partial charge on any atom is -0.380 e. The number of H-pyrrole nitrogens is 1. The van der Waals surface area contributed by atoms with Crippen LogP contribution in [-0.2, 0) is 0 Å². The molecule has 0 aliphatic carbocycles. The third kappa shape index (κ3) is 1.85. The van der Waals surface area contributed by atoms with E-state index < -0.39 is 5.82 Å². The Bertz CT molecular complexity index is 512. The van der Waals surface area contributed by atoms with Crippen LogP contribution >= 0.6 is 27.5 Å². The van der Waals surface area contributed by atoms with Crippen molar-refractivity contribution in [3.63, 3.8) is 0 Å². The molecule has 1 aromatic heterocycles. The fraction of sp³-hybridized carbons (Fsp3) is 0. The molecule has 0 unspecified atom stereocenters. The van der Waals surface area contributed by atoms with Crippen LogP contribution in [0.4, 0.5) is 10.2 Å². The molecule has 0 spiro atoms. The first-order valence-corrected chi connectivity index (χ1v) is 5.21. The highest BCUT2D eigenvalue weighted by Gasteiger charge is 2.14. The van der Waals surface area contributed by atoms with E-state index in [-0.39, 0.29) is 11.5 Å². The second-order valence-electron chi connectivity index (χ2n) is 2.92. The molecule has 15 heavy (non-hydrogen) atoms. The number of nitrogens with two attached hydrogens (primary N) is 1. The maximum atomic E-state index is 13.4. The lowest BCUT2D eigenvalue weighted by atomic mass is 10.1. The number of aromatic amines is 1. The van der Waals surface area contributed by atoms with E-state index in [9.17, 15) is 4.39 Å². The van der Waals surface area contributed by atoms with Gasteiger partial charge in [-0.25, -0.2) is 4.39 Å². The summed E-state index contributed by atoms with van der Waals surface area (Å²) in [7, 11) is 0. The quantitative estimate of drug-likeness (QED) is 0.847. The van der Waals surface area contributed by atoms with Crippen LogP contribution in [0.25, 0.3) is 11.3 Å². The molecule has 3 N–H and O–H groups in total. The van der Waals surface area contributed by atoms with Gasteiger partial charge in [-0.1, -0.05) is 33.6 Å². The number of nitrogens with one attached hydrogen (secondary N) is 1. The molecule has 0 fully saturated rings. The van der Waals surface area contributed by atoms with Crippen LogP contribution in [0, 0.1) is 5.82 Å². The standard InChI is InChI=1S/C9H6BrClFN3/c10-4-1-2-5(6(11)3-4)8-7(12)9(13)15-14-8/h1-3H,(H3,13,14,15). The van der Waals surface area contributed by atoms with Crippen LogP contribution in [0.2, 0.25) is 5.02 Å². The predicted octanol–water partition coefficient (Wildman–Crippen LogP) is 3.21. The number of hydrogen-bond acceptors (Lipinski definition) is 2. The minimum absolute atomic E-state index is 0.163. The molecule has 0 aliphatic heterocycles. The zero-order valence-corrected chi connectivity index (χ0v) is 9.73. The summed E-state index contributed by atoms with van der Waals surface area (Å²) in [4.78, 5) is 0. The zero-order chi connectivity index (χ0) is 11.0. The topological polar surface area (TPSA) is 54.7 Å². The molecule has 1 aromatic carbocycles. The van der Waals surface area contributed by atoms with Crippen LogP contribution in [0.3, 0.4) is 0 Å². The Hall–Kier alpha value is -1.07. The molecule has 0 saturated carbocycles. The molecule has 0 saturated heterocycles. The number of halogens is 3. The van der Waals surface area contributed by atoms with Crippen molar-refractivity contribution in [3.05, 3.63) is 33.5 Å². The Morgan fingerprint density at radius 3 is 2.73 bits per heavy atom. The summed E-state index contributed by atoms with van der Waals surface area (Å²) < 4.78 is 14.3. The Balaban J connectivity index is 2.59. The Morgan fingerprint density at radius 1 is 1.47 bits per heavy atom. The van der Waals surface area contributed by atoms with Crippen molar-refractivity contribution < 1.29 is 4.39 Å². The number of anilines is 1. The molecule has 6 heteroatoms. The second kappa shape index (κ2) is 3.83. The van der Waals surface area contributed by atoms with Crippen molar-refractivity contribution in [2.75, 3.05) is 5.73 Å². The highest BCUT2D eigenvalue weighted by atomic mass is 79.9. The molecule has 0 aliphatic rings. The van der Waals surface area contributed by atoms with Gasteiger partial charge in [0, 0.05) is 10.0 Å². The van der Waals surface area contributed by atoms with Crippen LogP contribution in [-0.4, -0.2) is 10.2 Å². The van der Waals surface area contributed by atoms with Crippen molar-refractivity contribution >= 4 is 33.3 Å². The Kier molecular flexibility index (Phi) is 2.67. The maximum Gasteiger partial charge on any atom is 0.192 e. The monoisotopic (exact) mass is 289 g/mol. The molecule has 2 rings (SSSR count). The lowest BCUT2D eigenvalue weighted by Gasteiger charge is -2.01. The first kappa shape index (κ1) is 10.4. The molecule has 0 radical (unpaired) electrons. The van der Waals surface area contributed by atoms with Gasteiger partial charge < -0.3 is 5.73 Å². The maximum absolute atomic E-state index is 13.4. The average molecular weight is 291 g/mol. The molecular weight excluding hydrogens is 284 g/mol. The third-order valence-corrected chi connectivity index (χ3v) is 2.74. The Labute approximate surface area is 98.6 Å². The van der Waals surface area contributed by atoms with Crippen molar-refractivity contribution in [3.8, 4) is 11.3 Å². The first-order valence-electron chi connectivity index (χ1n) is 4.04. The fourth-order valence-corrected chi connectivity index (χ4v) is 1.98. The number of nitrogens with zero attached hydrogens (tertiary/aromatic N) is 1. The lowest BCUT2D eigenvalue weighted by Crippen LogP contribution is -1.87. The minimum atomic E-state index is -0.584. The van der Waals surface area contributed by atoms with Gasteiger partial charge in [-0.2, -0.15) is 5.10 Å². The molecule has 2 aromatic rings. The zero-order valence-electron chi connectivity index (χ0n) is 7.39. The van der Waals surface area contributed by atoms with Crippen LogP contribution < -0.4 is 5.73 Å². The van der Waals surface area contributed by atoms with Gasteiger partial charge in [0.2, 0.25) is 0 Å². The van der Waals surface area contributed by atoms with Gasteiger partial charge in [-0.15, -0.1) is 0 Å². The molecule has 78 valence electrons. The molecule has 0 atom stereocenters. The van der Waals surface area contributed by atoms with Gasteiger partial charge in [-0.05, 0) is 12.1 Å². The van der Waals surface area contributed by atoms with E-state index in [4.69, 9.17) is 17.3 Å². The second-order valence-corrected chi connectivity index (χ2v) is 4.24. The van der Waals surface area contributed by atoms with E-state index in [0.29, 0.717) is 10.6 Å². The van der Waals surface area contributed by atoms with Gasteiger partial charge >= 0.3 is 0 Å². The van der Waals surface area contributed by atoms with E-state index in [1.54, 1.807) is 18.2 Å². The summed E-state index contributed by atoms with van der Waals surface area (Å²) in [5.74, 6) is -0.747. The van der Waals surface area contributed by atoms with E-state index in [1.807, 2.05) is 0 Å². The van der Waals surface area contributed by atoms with Crippen molar-refractivity contribution in [2.24, 2.45) is 0 Å². The number of hydrogen-bond donors (Lipinski definition) is 2. The average Bonchev–Trinajstić information content (AvgIpc) is 2.49.